The molecule has 0 aromatic carbocycles. The molecule has 2 aromatic heterocycles. The van der Waals surface area contributed by atoms with Crippen LogP contribution in [0, 0.1) is 5.41 Å². The van der Waals surface area contributed by atoms with E-state index in [1.165, 1.54) is 11.8 Å². The highest BCUT2D eigenvalue weighted by Crippen LogP contribution is 2.37. The van der Waals surface area contributed by atoms with Gasteiger partial charge in [0.25, 0.3) is 0 Å². The molecule has 134 valence electrons. The van der Waals surface area contributed by atoms with E-state index in [1.807, 2.05) is 0 Å². The summed E-state index contributed by atoms with van der Waals surface area (Å²) in [6.07, 6.45) is 5.64. The van der Waals surface area contributed by atoms with Gasteiger partial charge in [0.2, 0.25) is 0 Å². The topological polar surface area (TPSA) is 94.0 Å². The maximum atomic E-state index is 6.17. The molecule has 0 amide bonds. The van der Waals surface area contributed by atoms with E-state index in [4.69, 9.17) is 34.7 Å². The molecule has 0 radical (unpaired) electrons. The largest absolute Gasteiger partial charge is 0.384 e. The molecule has 3 rings (SSSR count). The Kier molecular flexibility index (Phi) is 5.58. The summed E-state index contributed by atoms with van der Waals surface area (Å²) in [4.78, 5) is 15.9. The zero-order chi connectivity index (χ0) is 18.0. The van der Waals surface area contributed by atoms with Crippen molar-refractivity contribution >= 4 is 46.6 Å². The first-order valence-corrected chi connectivity index (χ1v) is 9.54. The standard InChI is InChI=1S/C16H20Cl2N6S/c1-16(9-19)2-4-24(5-3-16)12-7-22-13(8-21-12)25-10-6-11(20)23-15(18)14(10)17/h6-8H,2-5,9,19H2,1H3,(H2,20,23). The van der Waals surface area contributed by atoms with Crippen molar-refractivity contribution in [2.75, 3.05) is 30.3 Å². The van der Waals surface area contributed by atoms with Gasteiger partial charge in [0, 0.05) is 18.0 Å². The van der Waals surface area contributed by atoms with E-state index in [2.05, 4.69) is 26.8 Å². The minimum atomic E-state index is 0.185. The second-order valence-electron chi connectivity index (χ2n) is 6.47. The molecule has 0 bridgehead atoms. The molecule has 0 saturated carbocycles. The zero-order valence-corrected chi connectivity index (χ0v) is 16.2. The van der Waals surface area contributed by atoms with Gasteiger partial charge in [-0.05, 0) is 30.9 Å². The molecule has 0 atom stereocenters. The third-order valence-corrected chi connectivity index (χ3v) is 6.35. The van der Waals surface area contributed by atoms with E-state index < -0.39 is 0 Å². The maximum absolute atomic E-state index is 6.17. The van der Waals surface area contributed by atoms with E-state index in [9.17, 15) is 0 Å². The second-order valence-corrected chi connectivity index (χ2v) is 8.26. The smallest absolute Gasteiger partial charge is 0.151 e. The highest BCUT2D eigenvalue weighted by Gasteiger charge is 2.29. The van der Waals surface area contributed by atoms with Crippen molar-refractivity contribution in [3.8, 4) is 0 Å². The van der Waals surface area contributed by atoms with Crippen molar-refractivity contribution < 1.29 is 0 Å². The fraction of sp³-hybridized carbons (Fsp3) is 0.438. The molecule has 9 heteroatoms. The quantitative estimate of drug-likeness (QED) is 0.760. The first-order valence-electron chi connectivity index (χ1n) is 7.97. The Morgan fingerprint density at radius 3 is 2.56 bits per heavy atom. The summed E-state index contributed by atoms with van der Waals surface area (Å²) in [5, 5.41) is 1.27. The molecule has 4 N–H and O–H groups in total. The zero-order valence-electron chi connectivity index (χ0n) is 13.9. The highest BCUT2D eigenvalue weighted by molar-refractivity contribution is 7.99. The van der Waals surface area contributed by atoms with Gasteiger partial charge in [-0.1, -0.05) is 41.9 Å². The maximum Gasteiger partial charge on any atom is 0.151 e. The van der Waals surface area contributed by atoms with Gasteiger partial charge < -0.3 is 16.4 Å². The summed E-state index contributed by atoms with van der Waals surface area (Å²) >= 11 is 13.5. The third-order valence-electron chi connectivity index (χ3n) is 4.52. The van der Waals surface area contributed by atoms with Gasteiger partial charge >= 0.3 is 0 Å². The molecule has 1 aliphatic rings. The lowest BCUT2D eigenvalue weighted by molar-refractivity contribution is 0.258. The SMILES string of the molecule is CC1(CN)CCN(c2cnc(Sc3cc(N)nc(Cl)c3Cl)cn2)CC1. The Morgan fingerprint density at radius 2 is 1.96 bits per heavy atom. The summed E-state index contributed by atoms with van der Waals surface area (Å²) in [6, 6.07) is 1.67. The van der Waals surface area contributed by atoms with Crippen molar-refractivity contribution in [1.82, 2.24) is 15.0 Å². The van der Waals surface area contributed by atoms with Gasteiger partial charge in [-0.2, -0.15) is 0 Å². The summed E-state index contributed by atoms with van der Waals surface area (Å²) in [5.41, 5.74) is 11.8. The Morgan fingerprint density at radius 1 is 1.24 bits per heavy atom. The van der Waals surface area contributed by atoms with Crippen LogP contribution in [0.4, 0.5) is 11.6 Å². The minimum Gasteiger partial charge on any atom is -0.384 e. The second kappa shape index (κ2) is 7.53. The van der Waals surface area contributed by atoms with Gasteiger partial charge in [0.05, 0.1) is 17.4 Å². The van der Waals surface area contributed by atoms with Crippen LogP contribution in [0.1, 0.15) is 19.8 Å². The summed E-state index contributed by atoms with van der Waals surface area (Å²) in [5.74, 6) is 1.19. The van der Waals surface area contributed by atoms with Crippen LogP contribution in [-0.2, 0) is 0 Å². The number of halogens is 2. The lowest BCUT2D eigenvalue weighted by Crippen LogP contribution is -2.42. The molecular formula is C16H20Cl2N6S. The average molecular weight is 399 g/mol. The van der Waals surface area contributed by atoms with Gasteiger partial charge in [-0.25, -0.2) is 15.0 Å². The molecule has 6 nitrogen and oxygen atoms in total. The van der Waals surface area contributed by atoms with Gasteiger partial charge in [-0.3, -0.25) is 0 Å². The number of aromatic nitrogens is 3. The van der Waals surface area contributed by atoms with E-state index in [-0.39, 0.29) is 10.6 Å². The Labute approximate surface area is 161 Å². The number of nitrogens with two attached hydrogens (primary N) is 2. The van der Waals surface area contributed by atoms with Crippen LogP contribution in [0.15, 0.2) is 28.4 Å². The molecular weight excluding hydrogens is 379 g/mol. The van der Waals surface area contributed by atoms with E-state index in [1.54, 1.807) is 18.5 Å². The summed E-state index contributed by atoms with van der Waals surface area (Å²) in [6.45, 7) is 4.85. The normalized spacial score (nSPS) is 16.9. The molecule has 1 saturated heterocycles. The lowest BCUT2D eigenvalue weighted by atomic mass is 9.80. The van der Waals surface area contributed by atoms with E-state index >= 15 is 0 Å². The molecule has 0 unspecified atom stereocenters. The van der Waals surface area contributed by atoms with Gasteiger partial charge in [0.15, 0.2) is 5.15 Å². The van der Waals surface area contributed by atoms with Crippen molar-refractivity contribution in [3.63, 3.8) is 0 Å². The number of nitrogen functional groups attached to an aromatic ring is 1. The number of rotatable bonds is 4. The summed E-state index contributed by atoms with van der Waals surface area (Å²) < 4.78 is 0. The molecule has 2 aromatic rings. The average Bonchev–Trinajstić information content (AvgIpc) is 2.61. The predicted molar refractivity (Wildman–Crippen MR) is 103 cm³/mol. The van der Waals surface area contributed by atoms with E-state index in [0.29, 0.717) is 15.7 Å². The van der Waals surface area contributed by atoms with Crippen LogP contribution < -0.4 is 16.4 Å². The van der Waals surface area contributed by atoms with Crippen LogP contribution in [0.5, 0.6) is 0 Å². The first kappa shape index (κ1) is 18.5. The number of hydrogen-bond donors (Lipinski definition) is 2. The molecule has 1 aliphatic heterocycles. The molecule has 0 spiro atoms. The molecule has 3 heterocycles. The Balaban J connectivity index is 1.69. The van der Waals surface area contributed by atoms with E-state index in [0.717, 1.165) is 43.3 Å². The number of nitrogens with zero attached hydrogens (tertiary/aromatic N) is 4. The number of hydrogen-bond acceptors (Lipinski definition) is 7. The van der Waals surface area contributed by atoms with Crippen LogP contribution >= 0.6 is 35.0 Å². The van der Waals surface area contributed by atoms with Crippen molar-refractivity contribution in [2.24, 2.45) is 11.1 Å². The third kappa shape index (κ3) is 4.28. The van der Waals surface area contributed by atoms with Crippen molar-refractivity contribution in [3.05, 3.63) is 28.6 Å². The molecule has 1 fully saturated rings. The Hall–Kier alpha value is -1.28. The number of anilines is 2. The fourth-order valence-electron chi connectivity index (χ4n) is 2.69. The highest BCUT2D eigenvalue weighted by atomic mass is 35.5. The van der Waals surface area contributed by atoms with Gasteiger partial charge in [0.1, 0.15) is 16.7 Å². The predicted octanol–water partition coefficient (Wildman–Crippen LogP) is 3.48. The monoisotopic (exact) mass is 398 g/mol. The fourth-order valence-corrected chi connectivity index (χ4v) is 3.96. The summed E-state index contributed by atoms with van der Waals surface area (Å²) in [7, 11) is 0. The van der Waals surface area contributed by atoms with Crippen molar-refractivity contribution in [1.29, 1.82) is 0 Å². The van der Waals surface area contributed by atoms with Crippen LogP contribution in [0.25, 0.3) is 0 Å². The van der Waals surface area contributed by atoms with Crippen LogP contribution in [0.3, 0.4) is 0 Å². The number of piperidine rings is 1. The van der Waals surface area contributed by atoms with Gasteiger partial charge in [-0.15, -0.1) is 0 Å². The number of pyridine rings is 1. The van der Waals surface area contributed by atoms with Crippen molar-refractivity contribution in [2.45, 2.75) is 29.7 Å². The molecule has 0 aliphatic carbocycles. The first-order chi connectivity index (χ1) is 11.9. The van der Waals surface area contributed by atoms with Crippen LogP contribution in [0.2, 0.25) is 10.2 Å². The van der Waals surface area contributed by atoms with Crippen LogP contribution in [-0.4, -0.2) is 34.6 Å². The molecule has 25 heavy (non-hydrogen) atoms. The Bertz CT molecular complexity index is 747. The lowest BCUT2D eigenvalue weighted by Gasteiger charge is -2.39. The minimum absolute atomic E-state index is 0.185.